The molecule has 0 unspecified atom stereocenters. The highest BCUT2D eigenvalue weighted by atomic mass is 16.5. The van der Waals surface area contributed by atoms with E-state index in [0.29, 0.717) is 5.92 Å². The molecule has 33 heavy (non-hydrogen) atoms. The van der Waals surface area contributed by atoms with Crippen molar-refractivity contribution < 1.29 is 9.30 Å². The summed E-state index contributed by atoms with van der Waals surface area (Å²) in [4.78, 5) is 0. The maximum atomic E-state index is 6.90. The number of hydrogen-bond donors (Lipinski definition) is 0. The average molecular weight is 439 g/mol. The smallest absolute Gasteiger partial charge is 0.257 e. The van der Waals surface area contributed by atoms with Crippen molar-refractivity contribution in [3.8, 4) is 22.8 Å². The molecule has 0 aliphatic carbocycles. The van der Waals surface area contributed by atoms with Crippen molar-refractivity contribution in [2.45, 2.75) is 61.3 Å². The zero-order chi connectivity index (χ0) is 23.7. The largest absolute Gasteiger partial charge is 0.449 e. The molecule has 170 valence electrons. The van der Waals surface area contributed by atoms with Gasteiger partial charge in [0.15, 0.2) is 0 Å². The fourth-order valence-corrected chi connectivity index (χ4v) is 5.57. The number of nitrogens with zero attached hydrogens (tertiary/aromatic N) is 1. The Kier molecular flexibility index (Phi) is 5.04. The van der Waals surface area contributed by atoms with Gasteiger partial charge in [-0.15, -0.1) is 0 Å². The summed E-state index contributed by atoms with van der Waals surface area (Å²) in [5, 5.41) is 3.84. The quantitative estimate of drug-likeness (QED) is 0.260. The van der Waals surface area contributed by atoms with Crippen molar-refractivity contribution in [3.63, 3.8) is 0 Å². The number of aryl methyl sites for hydroxylation is 2. The Balaban J connectivity index is 1.92. The Bertz CT molecular complexity index is 1420. The van der Waals surface area contributed by atoms with Gasteiger partial charge >= 0.3 is 0 Å². The molecule has 1 aliphatic heterocycles. The maximum absolute atomic E-state index is 6.90. The molecular formula is C31H36NO+. The SMILES string of the molecule is Cc1cc2cc(CC(C)(C)C)cc3c2c(c1C)-c1c(c(CC(C)C)c2ccccc2[n+]1C)O3. The van der Waals surface area contributed by atoms with E-state index in [0.717, 1.165) is 24.3 Å². The van der Waals surface area contributed by atoms with Gasteiger partial charge in [0.1, 0.15) is 12.8 Å². The predicted molar refractivity (Wildman–Crippen MR) is 139 cm³/mol. The standard InChI is InChI=1S/C31H36NO/c1-18(2)13-24-23-11-9-10-12-25(23)32(8)29-27-20(4)19(3)14-22-15-21(17-31(5,6)7)16-26(28(22)27)33-30(24)29/h9-12,14-16,18H,13,17H2,1-8H3/q+1. The molecule has 0 bridgehead atoms. The van der Waals surface area contributed by atoms with Gasteiger partial charge in [-0.2, -0.15) is 4.57 Å². The molecule has 0 N–H and O–H groups in total. The van der Waals surface area contributed by atoms with E-state index in [-0.39, 0.29) is 5.41 Å². The summed E-state index contributed by atoms with van der Waals surface area (Å²) in [6, 6.07) is 15.8. The van der Waals surface area contributed by atoms with E-state index >= 15 is 0 Å². The molecule has 5 rings (SSSR count). The third kappa shape index (κ3) is 3.60. The fourth-order valence-electron chi connectivity index (χ4n) is 5.57. The Morgan fingerprint density at radius 3 is 2.42 bits per heavy atom. The second-order valence-electron chi connectivity index (χ2n) is 11.6. The maximum Gasteiger partial charge on any atom is 0.257 e. The lowest BCUT2D eigenvalue weighted by Gasteiger charge is -2.26. The number of benzene rings is 3. The van der Waals surface area contributed by atoms with Crippen LogP contribution in [-0.2, 0) is 19.9 Å². The minimum absolute atomic E-state index is 0.223. The average Bonchev–Trinajstić information content (AvgIpc) is 2.72. The lowest BCUT2D eigenvalue weighted by atomic mass is 9.84. The summed E-state index contributed by atoms with van der Waals surface area (Å²) >= 11 is 0. The first-order valence-corrected chi connectivity index (χ1v) is 12.2. The minimum Gasteiger partial charge on any atom is -0.449 e. The van der Waals surface area contributed by atoms with E-state index < -0.39 is 0 Å². The van der Waals surface area contributed by atoms with Crippen LogP contribution < -0.4 is 9.30 Å². The number of ether oxygens (including phenoxy) is 1. The van der Waals surface area contributed by atoms with Gasteiger partial charge in [0.05, 0.1) is 10.9 Å². The van der Waals surface area contributed by atoms with Crippen LogP contribution in [0.15, 0.2) is 42.5 Å². The third-order valence-electron chi connectivity index (χ3n) is 6.99. The first-order valence-electron chi connectivity index (χ1n) is 12.2. The predicted octanol–water partition coefficient (Wildman–Crippen LogP) is 7.99. The third-order valence-corrected chi connectivity index (χ3v) is 6.99. The first-order chi connectivity index (χ1) is 15.5. The van der Waals surface area contributed by atoms with Gasteiger partial charge in [-0.3, -0.25) is 0 Å². The molecule has 3 aromatic carbocycles. The van der Waals surface area contributed by atoms with Crippen LogP contribution in [0.5, 0.6) is 11.5 Å². The van der Waals surface area contributed by atoms with Crippen LogP contribution in [0.3, 0.4) is 0 Å². The van der Waals surface area contributed by atoms with E-state index in [2.05, 4.69) is 103 Å². The number of para-hydroxylation sites is 1. The Labute approximate surface area is 198 Å². The summed E-state index contributed by atoms with van der Waals surface area (Å²) < 4.78 is 9.25. The van der Waals surface area contributed by atoms with Crippen LogP contribution in [0.1, 0.15) is 56.9 Å². The van der Waals surface area contributed by atoms with Crippen LogP contribution in [-0.4, -0.2) is 0 Å². The zero-order valence-corrected chi connectivity index (χ0v) is 21.4. The number of rotatable bonds is 3. The highest BCUT2D eigenvalue weighted by Crippen LogP contribution is 2.50. The van der Waals surface area contributed by atoms with Crippen molar-refractivity contribution >= 4 is 21.7 Å². The molecule has 0 radical (unpaired) electrons. The van der Waals surface area contributed by atoms with Crippen LogP contribution in [0, 0.1) is 25.2 Å². The van der Waals surface area contributed by atoms with Crippen molar-refractivity contribution in [2.75, 3.05) is 0 Å². The summed E-state index contributed by atoms with van der Waals surface area (Å²) in [7, 11) is 2.19. The molecule has 0 saturated carbocycles. The van der Waals surface area contributed by atoms with Gasteiger partial charge in [0, 0.05) is 17.0 Å². The highest BCUT2D eigenvalue weighted by Gasteiger charge is 2.35. The van der Waals surface area contributed by atoms with Gasteiger partial charge in [0.25, 0.3) is 5.69 Å². The molecular weight excluding hydrogens is 402 g/mol. The summed E-state index contributed by atoms with van der Waals surface area (Å²) in [6.07, 6.45) is 2.02. The first kappa shape index (κ1) is 21.9. The molecule has 1 aliphatic rings. The van der Waals surface area contributed by atoms with E-state index in [9.17, 15) is 0 Å². The molecule has 2 heteroatoms. The molecule has 0 saturated heterocycles. The molecule has 4 aromatic rings. The van der Waals surface area contributed by atoms with Crippen molar-refractivity contribution in [1.29, 1.82) is 0 Å². The zero-order valence-electron chi connectivity index (χ0n) is 21.4. The molecule has 1 aromatic heterocycles. The molecule has 2 nitrogen and oxygen atoms in total. The number of aromatic nitrogens is 1. The van der Waals surface area contributed by atoms with Gasteiger partial charge in [-0.25, -0.2) is 0 Å². The van der Waals surface area contributed by atoms with Crippen LogP contribution >= 0.6 is 0 Å². The summed E-state index contributed by atoms with van der Waals surface area (Å²) in [6.45, 7) is 16.0. The molecule has 0 atom stereocenters. The van der Waals surface area contributed by atoms with E-state index in [1.54, 1.807) is 0 Å². The lowest BCUT2D eigenvalue weighted by molar-refractivity contribution is -0.633. The second-order valence-corrected chi connectivity index (χ2v) is 11.6. The van der Waals surface area contributed by atoms with Gasteiger partial charge < -0.3 is 4.74 Å². The van der Waals surface area contributed by atoms with Gasteiger partial charge in [-0.05, 0) is 72.2 Å². The minimum atomic E-state index is 0.223. The van der Waals surface area contributed by atoms with Crippen LogP contribution in [0.25, 0.3) is 32.9 Å². The van der Waals surface area contributed by atoms with Crippen molar-refractivity contribution in [3.05, 3.63) is 64.7 Å². The van der Waals surface area contributed by atoms with E-state index in [4.69, 9.17) is 4.74 Å². The number of hydrogen-bond acceptors (Lipinski definition) is 1. The molecule has 0 fully saturated rings. The molecule has 0 spiro atoms. The van der Waals surface area contributed by atoms with Crippen molar-refractivity contribution in [1.82, 2.24) is 0 Å². The monoisotopic (exact) mass is 438 g/mol. The lowest BCUT2D eigenvalue weighted by Crippen LogP contribution is -2.34. The Morgan fingerprint density at radius 2 is 1.73 bits per heavy atom. The fraction of sp³-hybridized carbons (Fsp3) is 0.387. The summed E-state index contributed by atoms with van der Waals surface area (Å²) in [5.74, 6) is 2.60. The van der Waals surface area contributed by atoms with Gasteiger partial charge in [0.2, 0.25) is 11.3 Å². The van der Waals surface area contributed by atoms with Crippen LogP contribution in [0.2, 0.25) is 0 Å². The highest BCUT2D eigenvalue weighted by molar-refractivity contribution is 6.06. The van der Waals surface area contributed by atoms with E-state index in [1.807, 2.05) is 0 Å². The normalized spacial score (nSPS) is 13.0. The Hall–Kier alpha value is -2.87. The molecule has 2 heterocycles. The topological polar surface area (TPSA) is 13.1 Å². The van der Waals surface area contributed by atoms with E-state index in [1.165, 1.54) is 55.2 Å². The van der Waals surface area contributed by atoms with Crippen molar-refractivity contribution in [2.24, 2.45) is 18.4 Å². The Morgan fingerprint density at radius 1 is 1.00 bits per heavy atom. The second kappa shape index (κ2) is 7.58. The van der Waals surface area contributed by atoms with Crippen LogP contribution in [0.4, 0.5) is 0 Å². The number of pyridine rings is 1. The van der Waals surface area contributed by atoms with Gasteiger partial charge in [-0.1, -0.05) is 58.9 Å². The summed E-state index contributed by atoms with van der Waals surface area (Å²) in [5.41, 5.74) is 9.39. The molecule has 0 amide bonds. The number of fused-ring (bicyclic) bond motifs is 3.